The Hall–Kier alpha value is -2.68. The third-order valence-electron chi connectivity index (χ3n) is 4.39. The van der Waals surface area contributed by atoms with Crippen LogP contribution in [0.15, 0.2) is 30.7 Å². The fraction of sp³-hybridized carbons (Fsp3) is 0.263. The molecule has 0 bridgehead atoms. The lowest BCUT2D eigenvalue weighted by Gasteiger charge is -2.04. The highest BCUT2D eigenvalue weighted by molar-refractivity contribution is 7.22. The molecule has 4 N–H and O–H groups in total. The van der Waals surface area contributed by atoms with Crippen LogP contribution in [0.4, 0.5) is 5.82 Å². The molecule has 0 spiro atoms. The number of methoxy groups -OCH3 is 1. The van der Waals surface area contributed by atoms with Crippen molar-refractivity contribution in [1.29, 1.82) is 0 Å². The van der Waals surface area contributed by atoms with Crippen molar-refractivity contribution < 1.29 is 9.47 Å². The molecule has 0 fully saturated rings. The van der Waals surface area contributed by atoms with Crippen molar-refractivity contribution in [2.24, 2.45) is 5.73 Å². The first-order valence-electron chi connectivity index (χ1n) is 8.59. The van der Waals surface area contributed by atoms with E-state index in [2.05, 4.69) is 29.1 Å². The van der Waals surface area contributed by atoms with Crippen LogP contribution in [0.2, 0.25) is 0 Å². The second-order valence-electron chi connectivity index (χ2n) is 6.31. The first kappa shape index (κ1) is 17.7. The average Bonchev–Trinajstić information content (AvgIpc) is 3.22. The van der Waals surface area contributed by atoms with E-state index in [1.54, 1.807) is 23.0 Å². The second-order valence-corrected chi connectivity index (χ2v) is 7.36. The third-order valence-corrected chi connectivity index (χ3v) is 5.58. The van der Waals surface area contributed by atoms with Crippen LogP contribution in [-0.2, 0) is 11.3 Å². The molecule has 0 unspecified atom stereocenters. The van der Waals surface area contributed by atoms with E-state index in [-0.39, 0.29) is 0 Å². The smallest absolute Gasteiger partial charge is 0.152 e. The Labute approximate surface area is 160 Å². The van der Waals surface area contributed by atoms with E-state index in [1.807, 2.05) is 12.3 Å². The summed E-state index contributed by atoms with van der Waals surface area (Å²) < 4.78 is 14.1. The highest BCUT2D eigenvalue weighted by Crippen LogP contribution is 2.43. The van der Waals surface area contributed by atoms with Crippen molar-refractivity contribution in [3.05, 3.63) is 41.9 Å². The van der Waals surface area contributed by atoms with Gasteiger partial charge in [-0.2, -0.15) is 5.10 Å². The van der Waals surface area contributed by atoms with Crippen LogP contribution in [0.1, 0.15) is 11.1 Å². The van der Waals surface area contributed by atoms with Gasteiger partial charge in [-0.15, -0.1) is 11.3 Å². The molecule has 0 aliphatic rings. The minimum Gasteiger partial charge on any atom is -0.495 e. The van der Waals surface area contributed by atoms with Crippen LogP contribution in [-0.4, -0.2) is 34.9 Å². The van der Waals surface area contributed by atoms with Crippen molar-refractivity contribution in [1.82, 2.24) is 14.6 Å². The third kappa shape index (κ3) is 3.12. The highest BCUT2D eigenvalue weighted by Gasteiger charge is 2.19. The Bertz CT molecular complexity index is 1120. The summed E-state index contributed by atoms with van der Waals surface area (Å²) in [4.78, 5) is 5.24. The molecular weight excluding hydrogens is 362 g/mol. The fourth-order valence-corrected chi connectivity index (χ4v) is 4.49. The van der Waals surface area contributed by atoms with Gasteiger partial charge in [-0.05, 0) is 30.0 Å². The molecule has 0 radical (unpaired) electrons. The maximum atomic E-state index is 6.18. The molecule has 0 saturated carbocycles. The minimum atomic E-state index is 0.430. The standard InChI is InChI=1S/C19H21N5O2S/c1-11-5-12-7-15(27-18(12)14(6-11)25-2)16-13(9-26-4-3-20)8-24-17(16)19(21)22-10-23-24/h5-8,10H,3-4,9,20H2,1-2H3,(H2,21,22,23). The van der Waals surface area contributed by atoms with Crippen molar-refractivity contribution in [2.45, 2.75) is 13.5 Å². The predicted molar refractivity (Wildman–Crippen MR) is 108 cm³/mol. The van der Waals surface area contributed by atoms with Crippen LogP contribution in [0, 0.1) is 6.92 Å². The molecule has 0 saturated heterocycles. The summed E-state index contributed by atoms with van der Waals surface area (Å²) in [7, 11) is 1.69. The van der Waals surface area contributed by atoms with E-state index in [9.17, 15) is 0 Å². The summed E-state index contributed by atoms with van der Waals surface area (Å²) in [6.45, 7) is 3.46. The van der Waals surface area contributed by atoms with Crippen LogP contribution >= 0.6 is 11.3 Å². The number of hydrogen-bond acceptors (Lipinski definition) is 7. The molecule has 1 aromatic carbocycles. The quantitative estimate of drug-likeness (QED) is 0.497. The van der Waals surface area contributed by atoms with Crippen LogP contribution in [0.5, 0.6) is 5.75 Å². The molecule has 3 aromatic heterocycles. The number of aryl methyl sites for hydroxylation is 1. The number of hydrogen-bond donors (Lipinski definition) is 2. The van der Waals surface area contributed by atoms with E-state index in [0.29, 0.717) is 25.6 Å². The number of anilines is 1. The lowest BCUT2D eigenvalue weighted by atomic mass is 10.1. The monoisotopic (exact) mass is 383 g/mol. The second kappa shape index (κ2) is 7.15. The topological polar surface area (TPSA) is 101 Å². The molecule has 7 nitrogen and oxygen atoms in total. The van der Waals surface area contributed by atoms with E-state index >= 15 is 0 Å². The molecular formula is C19H21N5O2S. The van der Waals surface area contributed by atoms with Gasteiger partial charge in [0, 0.05) is 28.7 Å². The lowest BCUT2D eigenvalue weighted by molar-refractivity contribution is 0.128. The molecule has 0 aliphatic carbocycles. The first-order chi connectivity index (χ1) is 13.1. The van der Waals surface area contributed by atoms with E-state index in [0.717, 1.165) is 42.9 Å². The fourth-order valence-electron chi connectivity index (χ4n) is 3.27. The molecule has 0 aliphatic heterocycles. The maximum Gasteiger partial charge on any atom is 0.152 e. The largest absolute Gasteiger partial charge is 0.495 e. The Kier molecular flexibility index (Phi) is 4.69. The van der Waals surface area contributed by atoms with E-state index < -0.39 is 0 Å². The van der Waals surface area contributed by atoms with Gasteiger partial charge in [0.25, 0.3) is 0 Å². The van der Waals surface area contributed by atoms with Gasteiger partial charge in [0.2, 0.25) is 0 Å². The predicted octanol–water partition coefficient (Wildman–Crippen LogP) is 2.99. The summed E-state index contributed by atoms with van der Waals surface area (Å²) >= 11 is 1.66. The number of rotatable bonds is 6. The molecule has 8 heteroatoms. The summed E-state index contributed by atoms with van der Waals surface area (Å²) in [5, 5.41) is 5.44. The Balaban J connectivity index is 1.94. The van der Waals surface area contributed by atoms with Gasteiger partial charge in [-0.1, -0.05) is 6.07 Å². The van der Waals surface area contributed by atoms with Crippen molar-refractivity contribution in [3.8, 4) is 16.2 Å². The Morgan fingerprint density at radius 3 is 2.89 bits per heavy atom. The lowest BCUT2D eigenvalue weighted by Crippen LogP contribution is -2.08. The zero-order valence-electron chi connectivity index (χ0n) is 15.2. The number of thiophene rings is 1. The molecule has 0 amide bonds. The van der Waals surface area contributed by atoms with Crippen LogP contribution in [0.25, 0.3) is 26.0 Å². The zero-order valence-corrected chi connectivity index (χ0v) is 16.0. The SMILES string of the molecule is COc1cc(C)cc2cc(-c3c(COCCN)cn4ncnc(N)c34)sc12. The number of benzene rings is 1. The number of nitrogens with zero attached hydrogens (tertiary/aromatic N) is 3. The number of aromatic nitrogens is 3. The molecule has 4 aromatic rings. The van der Waals surface area contributed by atoms with Gasteiger partial charge >= 0.3 is 0 Å². The Morgan fingerprint density at radius 2 is 2.11 bits per heavy atom. The normalized spacial score (nSPS) is 11.5. The molecule has 140 valence electrons. The minimum absolute atomic E-state index is 0.430. The van der Waals surface area contributed by atoms with Crippen molar-refractivity contribution in [3.63, 3.8) is 0 Å². The van der Waals surface area contributed by atoms with Gasteiger partial charge in [0.05, 0.1) is 25.0 Å². The molecule has 3 heterocycles. The maximum absolute atomic E-state index is 6.18. The summed E-state index contributed by atoms with van der Waals surface area (Å²) in [6.07, 6.45) is 3.39. The van der Waals surface area contributed by atoms with Gasteiger partial charge in [0.1, 0.15) is 17.6 Å². The number of nitrogens with two attached hydrogens (primary N) is 2. The number of ether oxygens (including phenoxy) is 2. The average molecular weight is 383 g/mol. The van der Waals surface area contributed by atoms with Crippen molar-refractivity contribution in [2.75, 3.05) is 26.0 Å². The summed E-state index contributed by atoms with van der Waals surface area (Å²) in [5.74, 6) is 1.31. The number of nitrogen functional groups attached to an aromatic ring is 1. The van der Waals surface area contributed by atoms with Gasteiger partial charge in [-0.3, -0.25) is 0 Å². The van der Waals surface area contributed by atoms with E-state index in [1.165, 1.54) is 6.33 Å². The van der Waals surface area contributed by atoms with Gasteiger partial charge < -0.3 is 20.9 Å². The van der Waals surface area contributed by atoms with Crippen LogP contribution in [0.3, 0.4) is 0 Å². The summed E-state index contributed by atoms with van der Waals surface area (Å²) in [6, 6.07) is 6.35. The Morgan fingerprint density at radius 1 is 1.26 bits per heavy atom. The highest BCUT2D eigenvalue weighted by atomic mass is 32.1. The molecule has 0 atom stereocenters. The van der Waals surface area contributed by atoms with E-state index in [4.69, 9.17) is 20.9 Å². The number of fused-ring (bicyclic) bond motifs is 2. The van der Waals surface area contributed by atoms with Gasteiger partial charge in [-0.25, -0.2) is 9.50 Å². The van der Waals surface area contributed by atoms with Crippen LogP contribution < -0.4 is 16.2 Å². The summed E-state index contributed by atoms with van der Waals surface area (Å²) in [5.41, 5.74) is 15.7. The zero-order chi connectivity index (χ0) is 19.0. The molecule has 4 rings (SSSR count). The molecule has 27 heavy (non-hydrogen) atoms. The van der Waals surface area contributed by atoms with Crippen molar-refractivity contribution >= 4 is 32.8 Å². The van der Waals surface area contributed by atoms with Gasteiger partial charge in [0.15, 0.2) is 5.82 Å². The first-order valence-corrected chi connectivity index (χ1v) is 9.41.